The lowest BCUT2D eigenvalue weighted by Crippen LogP contribution is -2.40. The van der Waals surface area contributed by atoms with Gasteiger partial charge in [0.15, 0.2) is 5.96 Å². The Labute approximate surface area is 155 Å². The predicted molar refractivity (Wildman–Crippen MR) is 104 cm³/mol. The van der Waals surface area contributed by atoms with Crippen LogP contribution in [-0.2, 0) is 6.54 Å². The summed E-state index contributed by atoms with van der Waals surface area (Å²) in [5.74, 6) is 2.50. The van der Waals surface area contributed by atoms with Crippen LogP contribution in [-0.4, -0.2) is 50.3 Å². The summed E-state index contributed by atoms with van der Waals surface area (Å²) >= 11 is 0. The van der Waals surface area contributed by atoms with Crippen LogP contribution in [0.2, 0.25) is 0 Å². The van der Waals surface area contributed by atoms with Crippen molar-refractivity contribution >= 4 is 5.96 Å². The number of ether oxygens (including phenoxy) is 2. The van der Waals surface area contributed by atoms with Crippen LogP contribution in [0.3, 0.4) is 0 Å². The molecule has 0 heterocycles. The minimum atomic E-state index is 0.221. The summed E-state index contributed by atoms with van der Waals surface area (Å²) in [7, 11) is 5.27. The third-order valence-corrected chi connectivity index (χ3v) is 4.01. The van der Waals surface area contributed by atoms with E-state index in [2.05, 4.69) is 10.3 Å². The highest BCUT2D eigenvalue weighted by Crippen LogP contribution is 2.22. The molecule has 0 aliphatic rings. The normalized spacial score (nSPS) is 11.2. The lowest BCUT2D eigenvalue weighted by atomic mass is 10.2. The molecular formula is C20H27N3O3. The molecule has 0 fully saturated rings. The van der Waals surface area contributed by atoms with E-state index in [1.54, 1.807) is 32.4 Å². The number of nitrogens with one attached hydrogen (secondary N) is 1. The van der Waals surface area contributed by atoms with E-state index in [9.17, 15) is 5.11 Å². The maximum atomic E-state index is 9.97. The van der Waals surface area contributed by atoms with Crippen LogP contribution in [0.5, 0.6) is 17.2 Å². The second-order valence-corrected chi connectivity index (χ2v) is 5.98. The number of rotatable bonds is 7. The number of hydrogen-bond donors (Lipinski definition) is 2. The molecule has 6 nitrogen and oxygen atoms in total. The average Bonchev–Trinajstić information content (AvgIpc) is 2.65. The highest BCUT2D eigenvalue weighted by molar-refractivity contribution is 5.79. The van der Waals surface area contributed by atoms with Gasteiger partial charge in [-0.3, -0.25) is 4.99 Å². The zero-order chi connectivity index (χ0) is 18.9. The number of aliphatic imine (C=N–C) groups is 1. The van der Waals surface area contributed by atoms with E-state index in [0.717, 1.165) is 17.3 Å². The average molecular weight is 357 g/mol. The van der Waals surface area contributed by atoms with Crippen LogP contribution in [0.1, 0.15) is 11.1 Å². The van der Waals surface area contributed by atoms with Gasteiger partial charge in [0.1, 0.15) is 23.9 Å². The van der Waals surface area contributed by atoms with Gasteiger partial charge in [-0.2, -0.15) is 0 Å². The third kappa shape index (κ3) is 5.58. The minimum absolute atomic E-state index is 0.221. The molecule has 0 aliphatic heterocycles. The third-order valence-electron chi connectivity index (χ3n) is 4.01. The van der Waals surface area contributed by atoms with Gasteiger partial charge in [0.05, 0.1) is 13.7 Å². The van der Waals surface area contributed by atoms with E-state index in [4.69, 9.17) is 9.47 Å². The molecule has 0 spiro atoms. The molecular weight excluding hydrogens is 330 g/mol. The second-order valence-electron chi connectivity index (χ2n) is 5.98. The smallest absolute Gasteiger partial charge is 0.193 e. The summed E-state index contributed by atoms with van der Waals surface area (Å²) in [6, 6.07) is 13.1. The zero-order valence-corrected chi connectivity index (χ0v) is 15.8. The monoisotopic (exact) mass is 357 g/mol. The van der Waals surface area contributed by atoms with Gasteiger partial charge in [0, 0.05) is 26.2 Å². The molecule has 0 radical (unpaired) electrons. The van der Waals surface area contributed by atoms with Crippen molar-refractivity contribution < 1.29 is 14.6 Å². The molecule has 0 atom stereocenters. The van der Waals surface area contributed by atoms with Gasteiger partial charge < -0.3 is 24.8 Å². The maximum absolute atomic E-state index is 9.97. The van der Waals surface area contributed by atoms with Crippen LogP contribution in [0.25, 0.3) is 0 Å². The number of guanidine groups is 1. The van der Waals surface area contributed by atoms with Crippen LogP contribution < -0.4 is 14.8 Å². The fraction of sp³-hybridized carbons (Fsp3) is 0.350. The van der Waals surface area contributed by atoms with Crippen molar-refractivity contribution in [3.8, 4) is 17.2 Å². The zero-order valence-electron chi connectivity index (χ0n) is 15.8. The van der Waals surface area contributed by atoms with Gasteiger partial charge >= 0.3 is 0 Å². The first-order chi connectivity index (χ1) is 12.5. The van der Waals surface area contributed by atoms with Crippen molar-refractivity contribution in [2.75, 3.05) is 34.4 Å². The molecule has 0 bridgehead atoms. The summed E-state index contributed by atoms with van der Waals surface area (Å²) in [6.07, 6.45) is 0. The van der Waals surface area contributed by atoms with E-state index in [-0.39, 0.29) is 5.75 Å². The van der Waals surface area contributed by atoms with Crippen molar-refractivity contribution in [2.24, 2.45) is 4.99 Å². The lowest BCUT2D eigenvalue weighted by molar-refractivity contribution is 0.281. The molecule has 2 rings (SSSR count). The molecule has 0 saturated heterocycles. The fourth-order valence-electron chi connectivity index (χ4n) is 2.43. The van der Waals surface area contributed by atoms with E-state index >= 15 is 0 Å². The number of phenols is 1. The predicted octanol–water partition coefficient (Wildman–Crippen LogP) is 2.80. The van der Waals surface area contributed by atoms with Crippen LogP contribution in [0, 0.1) is 6.92 Å². The van der Waals surface area contributed by atoms with Gasteiger partial charge in [-0.15, -0.1) is 0 Å². The summed E-state index contributed by atoms with van der Waals surface area (Å²) in [5.41, 5.74) is 1.95. The summed E-state index contributed by atoms with van der Waals surface area (Å²) in [4.78, 5) is 6.25. The maximum Gasteiger partial charge on any atom is 0.193 e. The Bertz CT molecular complexity index is 730. The van der Waals surface area contributed by atoms with E-state index in [0.29, 0.717) is 25.4 Å². The Morgan fingerprint density at radius 1 is 1.15 bits per heavy atom. The fourth-order valence-corrected chi connectivity index (χ4v) is 2.43. The van der Waals surface area contributed by atoms with Crippen LogP contribution in [0.15, 0.2) is 47.5 Å². The van der Waals surface area contributed by atoms with Gasteiger partial charge in [-0.25, -0.2) is 0 Å². The number of methoxy groups -OCH3 is 1. The highest BCUT2D eigenvalue weighted by atomic mass is 16.5. The first-order valence-corrected chi connectivity index (χ1v) is 8.50. The van der Waals surface area contributed by atoms with Crippen molar-refractivity contribution in [1.29, 1.82) is 0 Å². The minimum Gasteiger partial charge on any atom is -0.508 e. The Kier molecular flexibility index (Phi) is 7.14. The molecule has 0 unspecified atom stereocenters. The first kappa shape index (κ1) is 19.4. The number of likely N-dealkylation sites (N-methyl/N-ethyl adjacent to an activating group) is 1. The molecule has 0 aromatic heterocycles. The number of nitrogens with zero attached hydrogens (tertiary/aromatic N) is 2. The number of hydrogen-bond acceptors (Lipinski definition) is 4. The topological polar surface area (TPSA) is 66.3 Å². The summed E-state index contributed by atoms with van der Waals surface area (Å²) in [6.45, 7) is 3.72. The Morgan fingerprint density at radius 2 is 1.85 bits per heavy atom. The van der Waals surface area contributed by atoms with Gasteiger partial charge in [-0.1, -0.05) is 17.7 Å². The number of phenolic OH excluding ortho intramolecular Hbond substituents is 1. The lowest BCUT2D eigenvalue weighted by Gasteiger charge is -2.22. The van der Waals surface area contributed by atoms with Crippen molar-refractivity contribution in [2.45, 2.75) is 13.5 Å². The van der Waals surface area contributed by atoms with Crippen LogP contribution in [0.4, 0.5) is 0 Å². The Morgan fingerprint density at radius 3 is 2.50 bits per heavy atom. The van der Waals surface area contributed by atoms with E-state index < -0.39 is 0 Å². The van der Waals surface area contributed by atoms with Crippen molar-refractivity contribution in [3.63, 3.8) is 0 Å². The molecule has 0 saturated carbocycles. The number of aryl methyl sites for hydroxylation is 1. The second kappa shape index (κ2) is 9.56. The summed E-state index contributed by atoms with van der Waals surface area (Å²) in [5, 5.41) is 13.2. The molecule has 140 valence electrons. The first-order valence-electron chi connectivity index (χ1n) is 8.50. The standard InChI is InChI=1S/C20H27N3O3/c1-15-5-7-17(8-6-15)26-12-11-23(3)20(21-2)22-14-16-13-18(25-4)9-10-19(16)24/h5-10,13,24H,11-12,14H2,1-4H3,(H,21,22). The SMILES string of the molecule is CN=C(NCc1cc(OC)ccc1O)N(C)CCOc1ccc(C)cc1. The molecule has 0 aliphatic carbocycles. The largest absolute Gasteiger partial charge is 0.508 e. The molecule has 2 aromatic rings. The van der Waals surface area contributed by atoms with Crippen LogP contribution >= 0.6 is 0 Å². The molecule has 2 aromatic carbocycles. The summed E-state index contributed by atoms with van der Waals surface area (Å²) < 4.78 is 11.0. The van der Waals surface area contributed by atoms with Gasteiger partial charge in [-0.05, 0) is 37.3 Å². The van der Waals surface area contributed by atoms with Gasteiger partial charge in [0.2, 0.25) is 0 Å². The van der Waals surface area contributed by atoms with E-state index in [1.807, 2.05) is 43.1 Å². The number of aromatic hydroxyl groups is 1. The molecule has 6 heteroatoms. The number of benzene rings is 2. The highest BCUT2D eigenvalue weighted by Gasteiger charge is 2.08. The van der Waals surface area contributed by atoms with Gasteiger partial charge in [0.25, 0.3) is 0 Å². The molecule has 2 N–H and O–H groups in total. The van der Waals surface area contributed by atoms with Crippen molar-refractivity contribution in [3.05, 3.63) is 53.6 Å². The van der Waals surface area contributed by atoms with E-state index in [1.165, 1.54) is 5.56 Å². The quantitative estimate of drug-likeness (QED) is 0.589. The Hall–Kier alpha value is -2.89. The molecule has 26 heavy (non-hydrogen) atoms. The molecule has 0 amide bonds. The van der Waals surface area contributed by atoms with Crippen molar-refractivity contribution in [1.82, 2.24) is 10.2 Å². The Balaban J connectivity index is 1.84.